The number of ether oxygens (including phenoxy) is 4. The molecule has 12 nitrogen and oxygen atoms in total. The number of carbonyl (C=O) groups excluding carboxylic acids is 1. The van der Waals surface area contributed by atoms with Crippen LogP contribution in [-0.2, 0) is 41.9 Å². The summed E-state index contributed by atoms with van der Waals surface area (Å²) in [5.74, 6) is 2.52. The van der Waals surface area contributed by atoms with E-state index in [9.17, 15) is 9.90 Å². The number of unbranched alkanes of at least 4 members (excludes halogenated alkanes) is 15. The molecule has 0 spiro atoms. The standard InChI is InChI=1S/C20H30N2O2.C20H28N2O2.C17H26O2.C3H4N2/c2*1-2-3-4-5-6-7-9-18-10-12-20(13-11-18)24-17-19(23)16-22-15-8-14-21-22;1-2-3-4-5-6-7-8-15-9-11-16(12-10-15)18-13-17-14-19-17;1-2-4-5-3-1/h8,10-15,19,23H,2-7,9,16-17H2,1H3;8,10-15H,2-7,9,16-17H2,1H3;9-12,17H,2-8,13-14H2,1H3;1-3H,(H,4,5). The van der Waals surface area contributed by atoms with Crippen LogP contribution in [0, 0.1) is 0 Å². The van der Waals surface area contributed by atoms with Gasteiger partial charge in [-0.2, -0.15) is 15.3 Å². The molecule has 4 heterocycles. The summed E-state index contributed by atoms with van der Waals surface area (Å²) in [6.45, 7) is 9.36. The van der Waals surface area contributed by atoms with Crippen molar-refractivity contribution in [3.05, 3.63) is 145 Å². The van der Waals surface area contributed by atoms with Gasteiger partial charge in [0.15, 0.2) is 5.78 Å². The molecule has 0 aliphatic carbocycles. The first-order valence-corrected chi connectivity index (χ1v) is 27.3. The van der Waals surface area contributed by atoms with Crippen molar-refractivity contribution in [3.63, 3.8) is 0 Å². The first-order chi connectivity index (χ1) is 35.4. The number of aryl methyl sites for hydroxylation is 3. The number of aromatic amines is 1. The van der Waals surface area contributed by atoms with Crippen molar-refractivity contribution in [3.8, 4) is 17.2 Å². The normalized spacial score (nSPS) is 12.8. The smallest absolute Gasteiger partial charge is 0.191 e. The highest BCUT2D eigenvalue weighted by Gasteiger charge is 2.23. The number of aliphatic hydroxyl groups excluding tert-OH is 1. The molecule has 2 unspecified atom stereocenters. The Kier molecular flexibility index (Phi) is 31.8. The first kappa shape index (κ1) is 58.8. The molecule has 0 bridgehead atoms. The lowest BCUT2D eigenvalue weighted by Gasteiger charge is -2.12. The van der Waals surface area contributed by atoms with Gasteiger partial charge in [0.1, 0.15) is 55.8 Å². The van der Waals surface area contributed by atoms with Crippen LogP contribution >= 0.6 is 0 Å². The number of aromatic nitrogens is 6. The van der Waals surface area contributed by atoms with E-state index in [4.69, 9.17) is 18.9 Å². The average molecular weight is 989 g/mol. The second-order valence-electron chi connectivity index (χ2n) is 18.7. The molecular weight excluding hydrogens is 901 g/mol. The minimum absolute atomic E-state index is 0.00913. The molecule has 2 N–H and O–H groups in total. The Bertz CT molecular complexity index is 2090. The summed E-state index contributed by atoms with van der Waals surface area (Å²) in [5.41, 5.74) is 4.11. The summed E-state index contributed by atoms with van der Waals surface area (Å²) in [7, 11) is 0. The average Bonchev–Trinajstić information content (AvgIpc) is 3.81. The second kappa shape index (κ2) is 38.9. The molecule has 394 valence electrons. The zero-order valence-electron chi connectivity index (χ0n) is 44.1. The summed E-state index contributed by atoms with van der Waals surface area (Å²) in [4.78, 5) is 11.8. The van der Waals surface area contributed by atoms with E-state index in [0.29, 0.717) is 19.3 Å². The summed E-state index contributed by atoms with van der Waals surface area (Å²) < 4.78 is 25.3. The zero-order valence-corrected chi connectivity index (χ0v) is 44.1. The largest absolute Gasteiger partial charge is 0.491 e. The highest BCUT2D eigenvalue weighted by molar-refractivity contribution is 5.79. The Hall–Kier alpha value is -5.72. The number of epoxide rings is 1. The first-order valence-electron chi connectivity index (χ1n) is 27.3. The van der Waals surface area contributed by atoms with Gasteiger partial charge in [-0.25, -0.2) is 0 Å². The lowest BCUT2D eigenvalue weighted by molar-refractivity contribution is -0.121. The molecule has 0 saturated carbocycles. The van der Waals surface area contributed by atoms with Crippen molar-refractivity contribution in [2.45, 2.75) is 181 Å². The van der Waals surface area contributed by atoms with Crippen LogP contribution in [0.4, 0.5) is 0 Å². The van der Waals surface area contributed by atoms with Gasteiger partial charge >= 0.3 is 0 Å². The Morgan fingerprint density at radius 1 is 0.597 bits per heavy atom. The number of rotatable bonds is 34. The minimum atomic E-state index is -0.562. The number of benzene rings is 3. The fourth-order valence-corrected chi connectivity index (χ4v) is 7.81. The van der Waals surface area contributed by atoms with Gasteiger partial charge in [-0.05, 0) is 110 Å². The van der Waals surface area contributed by atoms with Crippen molar-refractivity contribution in [2.24, 2.45) is 0 Å². The van der Waals surface area contributed by atoms with Crippen LogP contribution in [0.1, 0.15) is 153 Å². The third-order valence-electron chi connectivity index (χ3n) is 12.2. The van der Waals surface area contributed by atoms with E-state index >= 15 is 0 Å². The number of nitrogens with zero attached hydrogens (tertiary/aromatic N) is 5. The zero-order chi connectivity index (χ0) is 50.9. The molecule has 3 aromatic heterocycles. The van der Waals surface area contributed by atoms with E-state index in [1.54, 1.807) is 46.4 Å². The van der Waals surface area contributed by atoms with E-state index < -0.39 is 6.10 Å². The van der Waals surface area contributed by atoms with Crippen molar-refractivity contribution >= 4 is 5.78 Å². The van der Waals surface area contributed by atoms with Crippen LogP contribution in [0.15, 0.2) is 128 Å². The molecule has 1 saturated heterocycles. The molecule has 72 heavy (non-hydrogen) atoms. The van der Waals surface area contributed by atoms with Crippen LogP contribution in [0.25, 0.3) is 0 Å². The van der Waals surface area contributed by atoms with Gasteiger partial charge in [-0.15, -0.1) is 0 Å². The Morgan fingerprint density at radius 2 is 1.04 bits per heavy atom. The predicted octanol–water partition coefficient (Wildman–Crippen LogP) is 13.4. The highest BCUT2D eigenvalue weighted by Crippen LogP contribution is 2.19. The van der Waals surface area contributed by atoms with E-state index in [0.717, 1.165) is 36.7 Å². The molecule has 3 aromatic carbocycles. The lowest BCUT2D eigenvalue weighted by Crippen LogP contribution is -2.23. The molecule has 6 aromatic rings. The van der Waals surface area contributed by atoms with Crippen molar-refractivity contribution in [2.75, 3.05) is 26.4 Å². The van der Waals surface area contributed by atoms with Gasteiger partial charge in [-0.3, -0.25) is 19.3 Å². The number of H-pyrrole nitrogens is 1. The third-order valence-corrected chi connectivity index (χ3v) is 12.2. The fourth-order valence-electron chi connectivity index (χ4n) is 7.81. The predicted molar refractivity (Wildman–Crippen MR) is 291 cm³/mol. The molecule has 0 amide bonds. The maximum Gasteiger partial charge on any atom is 0.191 e. The van der Waals surface area contributed by atoms with E-state index in [1.165, 1.54) is 139 Å². The maximum atomic E-state index is 11.8. The number of hydrogen-bond donors (Lipinski definition) is 2. The van der Waals surface area contributed by atoms with E-state index in [2.05, 4.69) is 89.7 Å². The molecule has 12 heteroatoms. The quantitative estimate of drug-likeness (QED) is 0.0298. The van der Waals surface area contributed by atoms with Gasteiger partial charge < -0.3 is 24.1 Å². The molecule has 1 aliphatic rings. The van der Waals surface area contributed by atoms with Crippen LogP contribution in [-0.4, -0.2) is 79.3 Å². The lowest BCUT2D eigenvalue weighted by atomic mass is 10.0. The van der Waals surface area contributed by atoms with Gasteiger partial charge in [0, 0.05) is 37.2 Å². The third kappa shape index (κ3) is 29.6. The number of Topliss-reactive ketones (excluding diaryl/α,β-unsaturated/α-hetero) is 1. The minimum Gasteiger partial charge on any atom is -0.491 e. The molecular formula is C60H88N6O6. The Balaban J connectivity index is 0.000000224. The van der Waals surface area contributed by atoms with Crippen LogP contribution in [0.2, 0.25) is 0 Å². The number of nitrogens with one attached hydrogen (secondary N) is 1. The van der Waals surface area contributed by atoms with E-state index in [-0.39, 0.29) is 25.5 Å². The molecule has 7 rings (SSSR count). The topological polar surface area (TPSA) is 142 Å². The van der Waals surface area contributed by atoms with Crippen LogP contribution in [0.3, 0.4) is 0 Å². The molecule has 1 fully saturated rings. The van der Waals surface area contributed by atoms with Crippen molar-refractivity contribution < 1.29 is 28.8 Å². The van der Waals surface area contributed by atoms with Gasteiger partial charge in [-0.1, -0.05) is 153 Å². The summed E-state index contributed by atoms with van der Waals surface area (Å²) in [6.07, 6.45) is 37.7. The number of hydrogen-bond acceptors (Lipinski definition) is 9. The number of carbonyl (C=O) groups is 1. The summed E-state index contributed by atoms with van der Waals surface area (Å²) >= 11 is 0. The van der Waals surface area contributed by atoms with Crippen LogP contribution < -0.4 is 14.2 Å². The summed E-state index contributed by atoms with van der Waals surface area (Å²) in [6, 6.07) is 30.4. The van der Waals surface area contributed by atoms with Gasteiger partial charge in [0.25, 0.3) is 0 Å². The SMILES string of the molecule is CCCCCCCCc1ccc(OCC(=O)Cn2cccn2)cc1.CCCCCCCCc1ccc(OCC(O)Cn2cccn2)cc1.CCCCCCCCc1ccc(OCC2CO2)cc1.c1cn[nH]c1. The molecule has 2 atom stereocenters. The van der Waals surface area contributed by atoms with Crippen molar-refractivity contribution in [1.82, 2.24) is 29.8 Å². The van der Waals surface area contributed by atoms with E-state index in [1.807, 2.05) is 42.6 Å². The monoisotopic (exact) mass is 989 g/mol. The van der Waals surface area contributed by atoms with Gasteiger partial charge in [0.05, 0.1) is 13.2 Å². The molecule has 0 radical (unpaired) electrons. The Labute approximate surface area is 432 Å². The van der Waals surface area contributed by atoms with Crippen molar-refractivity contribution in [1.29, 1.82) is 0 Å². The fraction of sp³-hybridized carbons (Fsp3) is 0.533. The molecule has 1 aliphatic heterocycles. The second-order valence-corrected chi connectivity index (χ2v) is 18.7. The van der Waals surface area contributed by atoms with Crippen LogP contribution in [0.5, 0.6) is 17.2 Å². The summed E-state index contributed by atoms with van der Waals surface area (Å²) in [5, 5.41) is 24.3. The van der Waals surface area contributed by atoms with Gasteiger partial charge in [0.2, 0.25) is 0 Å². The number of ketones is 1. The highest BCUT2D eigenvalue weighted by atomic mass is 16.6. The Morgan fingerprint density at radius 3 is 1.44 bits per heavy atom. The number of aliphatic hydroxyl groups is 1. The maximum absolute atomic E-state index is 11.8.